The first-order chi connectivity index (χ1) is 18.4. The van der Waals surface area contributed by atoms with Gasteiger partial charge < -0.3 is 34.3 Å². The van der Waals surface area contributed by atoms with E-state index in [1.807, 2.05) is 25.1 Å². The maximum Gasteiger partial charge on any atom is 0.235 e. The fourth-order valence-electron chi connectivity index (χ4n) is 5.48. The standard InChI is InChI=1S/C29H35N3O6/c1-19-22(18-27-29(36)28-25(35)15-20(34)16-26(28)38-27)23-17-21(37-2)5-6-24(23)32(19)8-4-3-7-30-9-11-31(12-10-30)13-14-33/h5-6,15-18,33-35H,3-4,7-14H2,1-2H3/b27-18-. The number of phenolic OH excluding ortho intramolecular Hbond substituents is 2. The van der Waals surface area contributed by atoms with E-state index in [0.29, 0.717) is 0 Å². The van der Waals surface area contributed by atoms with E-state index in [4.69, 9.17) is 14.6 Å². The largest absolute Gasteiger partial charge is 0.508 e. The minimum atomic E-state index is -0.417. The summed E-state index contributed by atoms with van der Waals surface area (Å²) in [5.74, 6) is 0.0870. The van der Waals surface area contributed by atoms with Crippen LogP contribution in [0.15, 0.2) is 36.1 Å². The van der Waals surface area contributed by atoms with Crippen LogP contribution >= 0.6 is 0 Å². The normalized spacial score (nSPS) is 17.3. The van der Waals surface area contributed by atoms with E-state index >= 15 is 0 Å². The Morgan fingerprint density at radius 1 is 1.00 bits per heavy atom. The van der Waals surface area contributed by atoms with Gasteiger partial charge in [-0.1, -0.05) is 0 Å². The number of rotatable bonds is 9. The van der Waals surface area contributed by atoms with Crippen molar-refractivity contribution in [1.82, 2.24) is 14.4 Å². The maximum absolute atomic E-state index is 13.0. The second-order valence-electron chi connectivity index (χ2n) is 9.93. The van der Waals surface area contributed by atoms with Crippen LogP contribution in [0.1, 0.15) is 34.5 Å². The number of Topliss-reactive ketones (excluding diaryl/α,β-unsaturated/α-hetero) is 1. The van der Waals surface area contributed by atoms with Gasteiger partial charge in [0.15, 0.2) is 5.76 Å². The molecule has 0 spiro atoms. The van der Waals surface area contributed by atoms with E-state index < -0.39 is 5.78 Å². The fourth-order valence-corrected chi connectivity index (χ4v) is 5.48. The Morgan fingerprint density at radius 3 is 2.42 bits per heavy atom. The summed E-state index contributed by atoms with van der Waals surface area (Å²) >= 11 is 0. The molecule has 1 saturated heterocycles. The summed E-state index contributed by atoms with van der Waals surface area (Å²) in [4.78, 5) is 17.8. The van der Waals surface area contributed by atoms with Crippen molar-refractivity contribution < 1.29 is 29.6 Å². The van der Waals surface area contributed by atoms with Crippen molar-refractivity contribution in [2.75, 3.05) is 53.0 Å². The van der Waals surface area contributed by atoms with Gasteiger partial charge in [-0.2, -0.15) is 0 Å². The van der Waals surface area contributed by atoms with Crippen molar-refractivity contribution in [2.24, 2.45) is 0 Å². The minimum Gasteiger partial charge on any atom is -0.508 e. The first-order valence-electron chi connectivity index (χ1n) is 13.1. The molecule has 202 valence electrons. The topological polar surface area (TPSA) is 108 Å². The van der Waals surface area contributed by atoms with Gasteiger partial charge in [0.2, 0.25) is 5.78 Å². The summed E-state index contributed by atoms with van der Waals surface area (Å²) < 4.78 is 13.5. The van der Waals surface area contributed by atoms with Crippen LogP contribution in [0, 0.1) is 6.92 Å². The van der Waals surface area contributed by atoms with Crippen LogP contribution in [0.4, 0.5) is 0 Å². The molecule has 3 aromatic rings. The number of hydrogen-bond acceptors (Lipinski definition) is 8. The number of aryl methyl sites for hydroxylation is 1. The second-order valence-corrected chi connectivity index (χ2v) is 9.93. The van der Waals surface area contributed by atoms with Gasteiger partial charge in [-0.05, 0) is 50.6 Å². The molecule has 0 radical (unpaired) electrons. The summed E-state index contributed by atoms with van der Waals surface area (Å²) in [6.45, 7) is 8.97. The number of phenols is 2. The minimum absolute atomic E-state index is 0.0604. The molecule has 2 aliphatic rings. The number of ether oxygens (including phenoxy) is 2. The molecule has 0 unspecified atom stereocenters. The van der Waals surface area contributed by atoms with E-state index in [0.717, 1.165) is 92.6 Å². The number of methoxy groups -OCH3 is 1. The first-order valence-corrected chi connectivity index (χ1v) is 13.1. The molecule has 1 fully saturated rings. The van der Waals surface area contributed by atoms with Crippen LogP contribution in [0.5, 0.6) is 23.0 Å². The highest BCUT2D eigenvalue weighted by molar-refractivity contribution is 6.17. The number of benzene rings is 2. The number of hydrogen-bond donors (Lipinski definition) is 3. The van der Waals surface area contributed by atoms with Crippen molar-refractivity contribution in [2.45, 2.75) is 26.3 Å². The highest BCUT2D eigenvalue weighted by atomic mass is 16.5. The number of allylic oxidation sites excluding steroid dienone is 1. The smallest absolute Gasteiger partial charge is 0.235 e. The monoisotopic (exact) mass is 521 g/mol. The average molecular weight is 522 g/mol. The Balaban J connectivity index is 1.35. The molecule has 0 bridgehead atoms. The van der Waals surface area contributed by atoms with E-state index in [1.165, 1.54) is 6.07 Å². The third kappa shape index (κ3) is 5.09. The van der Waals surface area contributed by atoms with Crippen LogP contribution in [-0.4, -0.2) is 88.5 Å². The first kappa shape index (κ1) is 26.1. The molecule has 0 aliphatic carbocycles. The molecule has 0 saturated carbocycles. The van der Waals surface area contributed by atoms with Gasteiger partial charge in [-0.3, -0.25) is 9.69 Å². The third-order valence-corrected chi connectivity index (χ3v) is 7.58. The molecule has 0 atom stereocenters. The Bertz CT molecular complexity index is 1370. The molecular weight excluding hydrogens is 486 g/mol. The molecule has 2 aromatic carbocycles. The second kappa shape index (κ2) is 11.1. The number of fused-ring (bicyclic) bond motifs is 2. The Kier molecular flexibility index (Phi) is 7.60. The molecule has 3 N–H and O–H groups in total. The molecule has 3 heterocycles. The summed E-state index contributed by atoms with van der Waals surface area (Å²) in [7, 11) is 1.63. The van der Waals surface area contributed by atoms with E-state index in [2.05, 4.69) is 14.4 Å². The van der Waals surface area contributed by atoms with Gasteiger partial charge >= 0.3 is 0 Å². The molecule has 1 aromatic heterocycles. The van der Waals surface area contributed by atoms with Gasteiger partial charge in [-0.15, -0.1) is 0 Å². The SMILES string of the molecule is COc1ccc2c(c1)c(/C=C1\Oc3cc(O)cc(O)c3C1=O)c(C)n2CCCCN1CCN(CCO)CC1. The predicted octanol–water partition coefficient (Wildman–Crippen LogP) is 3.38. The van der Waals surface area contributed by atoms with E-state index in [9.17, 15) is 15.0 Å². The highest BCUT2D eigenvalue weighted by Crippen LogP contribution is 2.41. The van der Waals surface area contributed by atoms with Gasteiger partial charge in [0.05, 0.1) is 13.7 Å². The van der Waals surface area contributed by atoms with E-state index in [1.54, 1.807) is 13.2 Å². The number of carbonyl (C=O) groups is 1. The maximum atomic E-state index is 13.0. The number of β-amino-alcohol motifs (C(OH)–C–C–N with tert-alkyl or cyclic N) is 1. The third-order valence-electron chi connectivity index (χ3n) is 7.58. The number of aromatic hydroxyl groups is 2. The lowest BCUT2D eigenvalue weighted by molar-refractivity contribution is 0.101. The highest BCUT2D eigenvalue weighted by Gasteiger charge is 2.32. The Morgan fingerprint density at radius 2 is 1.71 bits per heavy atom. The number of unbranched alkanes of at least 4 members (excludes halogenated alkanes) is 1. The fraction of sp³-hybridized carbons (Fsp3) is 0.414. The molecule has 9 nitrogen and oxygen atoms in total. The number of nitrogens with zero attached hydrogens (tertiary/aromatic N) is 3. The Labute approximate surface area is 222 Å². The van der Waals surface area contributed by atoms with Crippen LogP contribution < -0.4 is 9.47 Å². The van der Waals surface area contributed by atoms with Crippen LogP contribution in [0.25, 0.3) is 17.0 Å². The van der Waals surface area contributed by atoms with Crippen molar-refractivity contribution >= 4 is 22.8 Å². The van der Waals surface area contributed by atoms with Crippen molar-refractivity contribution in [3.05, 3.63) is 52.9 Å². The predicted molar refractivity (Wildman–Crippen MR) is 145 cm³/mol. The molecule has 2 aliphatic heterocycles. The number of ketones is 1. The van der Waals surface area contributed by atoms with Gasteiger partial charge in [0, 0.05) is 73.6 Å². The number of aromatic nitrogens is 1. The van der Waals surface area contributed by atoms with Crippen LogP contribution in [0.3, 0.4) is 0 Å². The van der Waals surface area contributed by atoms with Gasteiger partial charge in [-0.25, -0.2) is 0 Å². The zero-order valence-corrected chi connectivity index (χ0v) is 21.9. The number of carbonyl (C=O) groups excluding carboxylic acids is 1. The molecular formula is C29H35N3O6. The van der Waals surface area contributed by atoms with Crippen LogP contribution in [-0.2, 0) is 6.54 Å². The molecule has 9 heteroatoms. The summed E-state index contributed by atoms with van der Waals surface area (Å²) in [6, 6.07) is 8.42. The molecule has 5 rings (SSSR count). The van der Waals surface area contributed by atoms with Crippen LogP contribution in [0.2, 0.25) is 0 Å². The van der Waals surface area contributed by atoms with E-state index in [-0.39, 0.29) is 35.2 Å². The van der Waals surface area contributed by atoms with Crippen molar-refractivity contribution in [3.63, 3.8) is 0 Å². The number of aliphatic hydroxyl groups is 1. The van der Waals surface area contributed by atoms with Gasteiger partial charge in [0.1, 0.15) is 28.6 Å². The lowest BCUT2D eigenvalue weighted by atomic mass is 10.1. The van der Waals surface area contributed by atoms with Gasteiger partial charge in [0.25, 0.3) is 0 Å². The lowest BCUT2D eigenvalue weighted by Gasteiger charge is -2.34. The zero-order valence-electron chi connectivity index (χ0n) is 21.9. The molecule has 38 heavy (non-hydrogen) atoms. The molecule has 0 amide bonds. The Hall–Kier alpha value is -3.53. The van der Waals surface area contributed by atoms with Crippen molar-refractivity contribution in [1.29, 1.82) is 0 Å². The summed E-state index contributed by atoms with van der Waals surface area (Å²) in [5.41, 5.74) is 2.98. The average Bonchev–Trinajstić information content (AvgIpc) is 3.35. The summed E-state index contributed by atoms with van der Waals surface area (Å²) in [6.07, 6.45) is 3.81. The quantitative estimate of drug-likeness (QED) is 0.291. The lowest BCUT2D eigenvalue weighted by Crippen LogP contribution is -2.47. The zero-order chi connectivity index (χ0) is 26.8. The number of aliphatic hydroxyl groups excluding tert-OH is 1. The summed E-state index contributed by atoms with van der Waals surface area (Å²) in [5, 5.41) is 30.1. The number of piperazine rings is 1. The van der Waals surface area contributed by atoms with Crippen molar-refractivity contribution in [3.8, 4) is 23.0 Å².